The van der Waals surface area contributed by atoms with E-state index in [1.54, 1.807) is 30.3 Å². The second kappa shape index (κ2) is 7.58. The third-order valence-electron chi connectivity index (χ3n) is 3.54. The molecule has 1 aliphatic heterocycles. The molecule has 0 unspecified atom stereocenters. The van der Waals surface area contributed by atoms with Crippen LogP contribution in [0.1, 0.15) is 41.0 Å². The van der Waals surface area contributed by atoms with Crippen molar-refractivity contribution in [2.45, 2.75) is 20.3 Å². The van der Waals surface area contributed by atoms with Gasteiger partial charge in [-0.3, -0.25) is 9.59 Å². The molecule has 0 bridgehead atoms. The van der Waals surface area contributed by atoms with Crippen LogP contribution in [0.4, 0.5) is 0 Å². The van der Waals surface area contributed by atoms with Gasteiger partial charge in [-0.15, -0.1) is 0 Å². The highest BCUT2D eigenvalue weighted by molar-refractivity contribution is 6.02. The maximum absolute atomic E-state index is 12.2. The van der Waals surface area contributed by atoms with Crippen LogP contribution in [0.25, 0.3) is 0 Å². The monoisotopic (exact) mass is 312 g/mol. The van der Waals surface area contributed by atoms with E-state index in [-0.39, 0.29) is 31.8 Å². The SMILES string of the molecule is C.O=C(CCC(=O)c1ccc2c(c1)OCCO2)c1ccccc1. The maximum Gasteiger partial charge on any atom is 0.163 e. The predicted octanol–water partition coefficient (Wildman–Crippen LogP) is 3.94. The quantitative estimate of drug-likeness (QED) is 0.785. The summed E-state index contributed by atoms with van der Waals surface area (Å²) in [5.74, 6) is 1.15. The number of hydrogen-bond acceptors (Lipinski definition) is 4. The van der Waals surface area contributed by atoms with Crippen molar-refractivity contribution in [3.05, 3.63) is 59.7 Å². The summed E-state index contributed by atoms with van der Waals surface area (Å²) in [7, 11) is 0. The van der Waals surface area contributed by atoms with Gasteiger partial charge in [0, 0.05) is 24.0 Å². The fourth-order valence-electron chi connectivity index (χ4n) is 2.36. The Bertz CT molecular complexity index is 692. The summed E-state index contributed by atoms with van der Waals surface area (Å²) in [4.78, 5) is 24.2. The lowest BCUT2D eigenvalue weighted by molar-refractivity contribution is 0.0917. The fourth-order valence-corrected chi connectivity index (χ4v) is 2.36. The number of hydrogen-bond donors (Lipinski definition) is 0. The molecule has 4 heteroatoms. The molecule has 0 fully saturated rings. The van der Waals surface area contributed by atoms with Crippen molar-refractivity contribution in [1.82, 2.24) is 0 Å². The highest BCUT2D eigenvalue weighted by Crippen LogP contribution is 2.31. The van der Waals surface area contributed by atoms with Crippen LogP contribution in [0.5, 0.6) is 11.5 Å². The average Bonchev–Trinajstić information content (AvgIpc) is 2.59. The van der Waals surface area contributed by atoms with E-state index in [9.17, 15) is 9.59 Å². The largest absolute Gasteiger partial charge is 0.486 e. The van der Waals surface area contributed by atoms with Crippen molar-refractivity contribution in [3.63, 3.8) is 0 Å². The van der Waals surface area contributed by atoms with Crippen LogP contribution in [0.2, 0.25) is 0 Å². The molecule has 120 valence electrons. The van der Waals surface area contributed by atoms with Crippen molar-refractivity contribution in [3.8, 4) is 11.5 Å². The van der Waals surface area contributed by atoms with Crippen molar-refractivity contribution in [2.75, 3.05) is 13.2 Å². The lowest BCUT2D eigenvalue weighted by atomic mass is 10.0. The minimum atomic E-state index is -0.0683. The van der Waals surface area contributed by atoms with Crippen molar-refractivity contribution in [2.24, 2.45) is 0 Å². The summed E-state index contributed by atoms with van der Waals surface area (Å²) in [6.07, 6.45) is 0.394. The van der Waals surface area contributed by atoms with Gasteiger partial charge in [0.2, 0.25) is 0 Å². The first kappa shape index (κ1) is 16.7. The highest BCUT2D eigenvalue weighted by Gasteiger charge is 2.16. The minimum absolute atomic E-state index is 0. The first-order valence-electron chi connectivity index (χ1n) is 7.25. The van der Waals surface area contributed by atoms with Crippen LogP contribution >= 0.6 is 0 Å². The van der Waals surface area contributed by atoms with Gasteiger partial charge in [0.1, 0.15) is 13.2 Å². The molecule has 0 aliphatic carbocycles. The molecule has 0 aromatic heterocycles. The smallest absolute Gasteiger partial charge is 0.163 e. The average molecular weight is 312 g/mol. The van der Waals surface area contributed by atoms with Gasteiger partial charge in [0.15, 0.2) is 23.1 Å². The van der Waals surface area contributed by atoms with Crippen molar-refractivity contribution >= 4 is 11.6 Å². The third kappa shape index (κ3) is 3.97. The standard InChI is InChI=1S/C18H16O4.CH4/c19-15(13-4-2-1-3-5-13)7-8-16(20)14-6-9-17-18(12-14)22-11-10-21-17;/h1-6,9,12H,7-8,10-11H2;1H4. The van der Waals surface area contributed by atoms with E-state index in [0.29, 0.717) is 35.8 Å². The van der Waals surface area contributed by atoms with Gasteiger partial charge in [0.25, 0.3) is 0 Å². The molecular formula is C19H20O4. The molecule has 1 aliphatic rings. The summed E-state index contributed by atoms with van der Waals surface area (Å²) in [6.45, 7) is 1.00. The first-order chi connectivity index (χ1) is 10.7. The Morgan fingerprint density at radius 3 is 2.09 bits per heavy atom. The van der Waals surface area contributed by atoms with Gasteiger partial charge in [-0.1, -0.05) is 37.8 Å². The topological polar surface area (TPSA) is 52.6 Å². The van der Waals surface area contributed by atoms with E-state index < -0.39 is 0 Å². The summed E-state index contributed by atoms with van der Waals surface area (Å²) in [5.41, 5.74) is 1.18. The lowest BCUT2D eigenvalue weighted by Gasteiger charge is -2.18. The normalized spacial score (nSPS) is 12.2. The van der Waals surface area contributed by atoms with Crippen LogP contribution in [-0.4, -0.2) is 24.8 Å². The zero-order valence-electron chi connectivity index (χ0n) is 12.1. The van der Waals surface area contributed by atoms with Gasteiger partial charge in [-0.05, 0) is 18.2 Å². The second-order valence-corrected chi connectivity index (χ2v) is 5.07. The highest BCUT2D eigenvalue weighted by atomic mass is 16.6. The Kier molecular flexibility index (Phi) is 5.52. The van der Waals surface area contributed by atoms with E-state index >= 15 is 0 Å². The number of rotatable bonds is 5. The summed E-state index contributed by atoms with van der Waals surface area (Å²) < 4.78 is 10.9. The molecule has 0 saturated carbocycles. The summed E-state index contributed by atoms with van der Waals surface area (Å²) in [6, 6.07) is 14.1. The van der Waals surface area contributed by atoms with Crippen LogP contribution in [0.3, 0.4) is 0 Å². The molecule has 0 N–H and O–H groups in total. The number of carbonyl (C=O) groups is 2. The Morgan fingerprint density at radius 1 is 0.783 bits per heavy atom. The Balaban J connectivity index is 0.00000192. The minimum Gasteiger partial charge on any atom is -0.486 e. The second-order valence-electron chi connectivity index (χ2n) is 5.07. The van der Waals surface area contributed by atoms with Gasteiger partial charge in [-0.2, -0.15) is 0 Å². The molecule has 0 atom stereocenters. The maximum atomic E-state index is 12.2. The summed E-state index contributed by atoms with van der Waals surface area (Å²) in [5, 5.41) is 0. The van der Waals surface area contributed by atoms with E-state index in [1.165, 1.54) is 0 Å². The predicted molar refractivity (Wildman–Crippen MR) is 88.5 cm³/mol. The van der Waals surface area contributed by atoms with E-state index in [1.807, 2.05) is 18.2 Å². The van der Waals surface area contributed by atoms with Gasteiger partial charge in [0.05, 0.1) is 0 Å². The van der Waals surface area contributed by atoms with Crippen LogP contribution in [-0.2, 0) is 0 Å². The lowest BCUT2D eigenvalue weighted by Crippen LogP contribution is -2.16. The van der Waals surface area contributed by atoms with E-state index in [4.69, 9.17) is 9.47 Å². The van der Waals surface area contributed by atoms with Gasteiger partial charge >= 0.3 is 0 Å². The molecule has 0 amide bonds. The molecule has 3 rings (SSSR count). The molecular weight excluding hydrogens is 292 g/mol. The Labute approximate surface area is 136 Å². The van der Waals surface area contributed by atoms with Crippen LogP contribution in [0.15, 0.2) is 48.5 Å². The first-order valence-corrected chi connectivity index (χ1v) is 7.25. The molecule has 2 aromatic rings. The zero-order valence-corrected chi connectivity index (χ0v) is 12.1. The van der Waals surface area contributed by atoms with Gasteiger partial charge in [-0.25, -0.2) is 0 Å². The van der Waals surface area contributed by atoms with Crippen molar-refractivity contribution in [1.29, 1.82) is 0 Å². The molecule has 0 saturated heterocycles. The molecule has 0 spiro atoms. The van der Waals surface area contributed by atoms with Crippen molar-refractivity contribution < 1.29 is 19.1 Å². The number of Topliss-reactive ketones (excluding diaryl/α,β-unsaturated/α-hetero) is 2. The number of ether oxygens (including phenoxy) is 2. The van der Waals surface area contributed by atoms with Crippen LogP contribution < -0.4 is 9.47 Å². The Morgan fingerprint density at radius 2 is 1.39 bits per heavy atom. The molecule has 4 nitrogen and oxygen atoms in total. The number of benzene rings is 2. The van der Waals surface area contributed by atoms with E-state index in [2.05, 4.69) is 0 Å². The summed E-state index contributed by atoms with van der Waals surface area (Å²) >= 11 is 0. The van der Waals surface area contributed by atoms with Gasteiger partial charge < -0.3 is 9.47 Å². The number of fused-ring (bicyclic) bond motifs is 1. The third-order valence-corrected chi connectivity index (χ3v) is 3.54. The molecule has 0 radical (unpaired) electrons. The van der Waals surface area contributed by atoms with Crippen LogP contribution in [0, 0.1) is 0 Å². The molecule has 2 aromatic carbocycles. The zero-order chi connectivity index (χ0) is 15.4. The van der Waals surface area contributed by atoms with E-state index in [0.717, 1.165) is 0 Å². The number of ketones is 2. The molecule has 23 heavy (non-hydrogen) atoms. The Hall–Kier alpha value is -2.62. The molecule has 1 heterocycles. The fraction of sp³-hybridized carbons (Fsp3) is 0.263. The number of carbonyl (C=O) groups excluding carboxylic acids is 2.